The summed E-state index contributed by atoms with van der Waals surface area (Å²) in [6.07, 6.45) is 1.63. The number of anilines is 1. The van der Waals surface area contributed by atoms with Crippen molar-refractivity contribution in [1.82, 2.24) is 9.97 Å². The van der Waals surface area contributed by atoms with Crippen LogP contribution in [0.3, 0.4) is 0 Å². The standard InChI is InChI=1S/C7H11N3O/c1-3-11-7-6(8)10-5(2)4-9-7/h4H,3H2,1-2H3,(H2,8,10). The van der Waals surface area contributed by atoms with E-state index >= 15 is 0 Å². The van der Waals surface area contributed by atoms with Crippen LogP contribution in [0, 0.1) is 6.92 Å². The van der Waals surface area contributed by atoms with Gasteiger partial charge in [-0.3, -0.25) is 0 Å². The van der Waals surface area contributed by atoms with Gasteiger partial charge in [0.2, 0.25) is 0 Å². The largest absolute Gasteiger partial charge is 0.475 e. The number of nitrogens with two attached hydrogens (primary N) is 1. The zero-order valence-electron chi connectivity index (χ0n) is 6.66. The van der Waals surface area contributed by atoms with Crippen molar-refractivity contribution in [2.45, 2.75) is 13.8 Å². The van der Waals surface area contributed by atoms with E-state index in [-0.39, 0.29) is 0 Å². The Morgan fingerprint density at radius 3 is 2.91 bits per heavy atom. The molecule has 0 aliphatic rings. The third kappa shape index (κ3) is 1.80. The van der Waals surface area contributed by atoms with Crippen LogP contribution >= 0.6 is 0 Å². The fourth-order valence-corrected chi connectivity index (χ4v) is 0.733. The summed E-state index contributed by atoms with van der Waals surface area (Å²) in [5, 5.41) is 0. The second-order valence-corrected chi connectivity index (χ2v) is 2.13. The highest BCUT2D eigenvalue weighted by molar-refractivity contribution is 5.39. The minimum atomic E-state index is 0.354. The Hall–Kier alpha value is -1.32. The van der Waals surface area contributed by atoms with Gasteiger partial charge in [-0.15, -0.1) is 0 Å². The van der Waals surface area contributed by atoms with Crippen LogP contribution in [-0.4, -0.2) is 16.6 Å². The highest BCUT2D eigenvalue weighted by Crippen LogP contribution is 2.13. The third-order valence-electron chi connectivity index (χ3n) is 1.17. The molecule has 0 spiro atoms. The number of aromatic nitrogens is 2. The lowest BCUT2D eigenvalue weighted by atomic mass is 10.5. The summed E-state index contributed by atoms with van der Waals surface area (Å²) in [6.45, 7) is 4.27. The number of hydrogen-bond acceptors (Lipinski definition) is 4. The van der Waals surface area contributed by atoms with Gasteiger partial charge in [0.15, 0.2) is 5.82 Å². The van der Waals surface area contributed by atoms with Gasteiger partial charge in [0.1, 0.15) is 0 Å². The maximum absolute atomic E-state index is 5.51. The lowest BCUT2D eigenvalue weighted by molar-refractivity contribution is 0.327. The SMILES string of the molecule is CCOc1ncc(C)nc1N. The van der Waals surface area contributed by atoms with Crippen molar-refractivity contribution in [3.8, 4) is 5.88 Å². The summed E-state index contributed by atoms with van der Waals surface area (Å²) in [5.74, 6) is 0.768. The van der Waals surface area contributed by atoms with E-state index in [1.807, 2.05) is 13.8 Å². The molecule has 11 heavy (non-hydrogen) atoms. The van der Waals surface area contributed by atoms with Gasteiger partial charge in [-0.2, -0.15) is 0 Å². The van der Waals surface area contributed by atoms with E-state index < -0.39 is 0 Å². The molecule has 2 N–H and O–H groups in total. The maximum Gasteiger partial charge on any atom is 0.257 e. The van der Waals surface area contributed by atoms with E-state index in [0.29, 0.717) is 18.3 Å². The molecule has 1 heterocycles. The summed E-state index contributed by atoms with van der Waals surface area (Å²) in [5.41, 5.74) is 6.31. The van der Waals surface area contributed by atoms with E-state index in [2.05, 4.69) is 9.97 Å². The Morgan fingerprint density at radius 2 is 2.36 bits per heavy atom. The van der Waals surface area contributed by atoms with Gasteiger partial charge in [0.05, 0.1) is 18.5 Å². The molecule has 0 aliphatic carbocycles. The van der Waals surface area contributed by atoms with Crippen molar-refractivity contribution in [3.63, 3.8) is 0 Å². The van der Waals surface area contributed by atoms with Gasteiger partial charge in [-0.25, -0.2) is 9.97 Å². The fraction of sp³-hybridized carbons (Fsp3) is 0.429. The van der Waals surface area contributed by atoms with Gasteiger partial charge in [0.25, 0.3) is 5.88 Å². The molecule has 0 saturated carbocycles. The summed E-state index contributed by atoms with van der Waals surface area (Å²) >= 11 is 0. The van der Waals surface area contributed by atoms with Crippen LogP contribution in [0.25, 0.3) is 0 Å². The molecular formula is C7H11N3O. The Balaban J connectivity index is 2.90. The van der Waals surface area contributed by atoms with Crippen molar-refractivity contribution >= 4 is 5.82 Å². The van der Waals surface area contributed by atoms with Crippen LogP contribution in [0.1, 0.15) is 12.6 Å². The number of nitrogen functional groups attached to an aromatic ring is 1. The highest BCUT2D eigenvalue weighted by atomic mass is 16.5. The first kappa shape index (κ1) is 7.78. The minimum absolute atomic E-state index is 0.354. The van der Waals surface area contributed by atoms with Crippen LogP contribution in [0.15, 0.2) is 6.20 Å². The summed E-state index contributed by atoms with van der Waals surface area (Å²) < 4.78 is 5.09. The topological polar surface area (TPSA) is 61.0 Å². The molecule has 0 atom stereocenters. The van der Waals surface area contributed by atoms with E-state index in [1.165, 1.54) is 0 Å². The monoisotopic (exact) mass is 153 g/mol. The Kier molecular flexibility index (Phi) is 2.25. The molecule has 0 radical (unpaired) electrons. The van der Waals surface area contributed by atoms with E-state index in [1.54, 1.807) is 6.20 Å². The first-order valence-corrected chi connectivity index (χ1v) is 3.46. The fourth-order valence-electron chi connectivity index (χ4n) is 0.733. The molecule has 0 bridgehead atoms. The summed E-state index contributed by atoms with van der Waals surface area (Å²) in [6, 6.07) is 0. The molecule has 60 valence electrons. The number of hydrogen-bond donors (Lipinski definition) is 1. The predicted molar refractivity (Wildman–Crippen MR) is 42.4 cm³/mol. The van der Waals surface area contributed by atoms with Crippen LogP contribution in [0.4, 0.5) is 5.82 Å². The Bertz CT molecular complexity index is 249. The van der Waals surface area contributed by atoms with Crippen molar-refractivity contribution in [2.24, 2.45) is 0 Å². The molecule has 4 heteroatoms. The van der Waals surface area contributed by atoms with E-state index in [4.69, 9.17) is 10.5 Å². The van der Waals surface area contributed by atoms with Crippen molar-refractivity contribution in [1.29, 1.82) is 0 Å². The molecular weight excluding hydrogens is 142 g/mol. The summed E-state index contributed by atoms with van der Waals surface area (Å²) in [7, 11) is 0. The molecule has 1 rings (SSSR count). The average Bonchev–Trinajstić information content (AvgIpc) is 1.95. The molecule has 0 unspecified atom stereocenters. The molecule has 1 aromatic heterocycles. The lowest BCUT2D eigenvalue weighted by Gasteiger charge is -2.03. The normalized spacial score (nSPS) is 9.64. The van der Waals surface area contributed by atoms with Gasteiger partial charge >= 0.3 is 0 Å². The first-order chi connectivity index (χ1) is 5.24. The van der Waals surface area contributed by atoms with E-state index in [0.717, 1.165) is 5.69 Å². The number of aryl methyl sites for hydroxylation is 1. The first-order valence-electron chi connectivity index (χ1n) is 3.46. The molecule has 0 saturated heterocycles. The third-order valence-corrected chi connectivity index (χ3v) is 1.17. The predicted octanol–water partition coefficient (Wildman–Crippen LogP) is 0.766. The molecule has 0 amide bonds. The Labute approximate surface area is 65.4 Å². The van der Waals surface area contributed by atoms with Gasteiger partial charge in [-0.05, 0) is 13.8 Å². The van der Waals surface area contributed by atoms with Crippen LogP contribution in [0.2, 0.25) is 0 Å². The van der Waals surface area contributed by atoms with Crippen LogP contribution < -0.4 is 10.5 Å². The van der Waals surface area contributed by atoms with Crippen LogP contribution in [0.5, 0.6) is 5.88 Å². The molecule has 0 aliphatic heterocycles. The number of ether oxygens (including phenoxy) is 1. The van der Waals surface area contributed by atoms with Gasteiger partial charge in [0, 0.05) is 0 Å². The Morgan fingerprint density at radius 1 is 1.64 bits per heavy atom. The zero-order chi connectivity index (χ0) is 8.27. The second kappa shape index (κ2) is 3.18. The maximum atomic E-state index is 5.51. The summed E-state index contributed by atoms with van der Waals surface area (Å²) in [4.78, 5) is 7.94. The van der Waals surface area contributed by atoms with Gasteiger partial charge in [-0.1, -0.05) is 0 Å². The van der Waals surface area contributed by atoms with E-state index in [9.17, 15) is 0 Å². The van der Waals surface area contributed by atoms with Crippen molar-refractivity contribution in [3.05, 3.63) is 11.9 Å². The quantitative estimate of drug-likeness (QED) is 0.681. The molecule has 4 nitrogen and oxygen atoms in total. The van der Waals surface area contributed by atoms with Gasteiger partial charge < -0.3 is 10.5 Å². The lowest BCUT2D eigenvalue weighted by Crippen LogP contribution is -2.02. The average molecular weight is 153 g/mol. The zero-order valence-corrected chi connectivity index (χ0v) is 6.66. The number of rotatable bonds is 2. The van der Waals surface area contributed by atoms with Crippen LogP contribution in [-0.2, 0) is 0 Å². The minimum Gasteiger partial charge on any atom is -0.475 e. The second-order valence-electron chi connectivity index (χ2n) is 2.13. The highest BCUT2D eigenvalue weighted by Gasteiger charge is 2.00. The smallest absolute Gasteiger partial charge is 0.257 e. The van der Waals surface area contributed by atoms with Crippen molar-refractivity contribution in [2.75, 3.05) is 12.3 Å². The van der Waals surface area contributed by atoms with Crippen molar-refractivity contribution < 1.29 is 4.74 Å². The molecule has 0 aromatic carbocycles. The number of nitrogens with zero attached hydrogens (tertiary/aromatic N) is 2. The molecule has 1 aromatic rings. The molecule has 0 fully saturated rings.